The molecule has 0 aliphatic heterocycles. The van der Waals surface area contributed by atoms with Crippen LogP contribution in [-0.4, -0.2) is 276 Å². The molecule has 0 aliphatic carbocycles. The van der Waals surface area contributed by atoms with Crippen LogP contribution in [-0.2, 0) is 131 Å². The lowest BCUT2D eigenvalue weighted by Crippen LogP contribution is -2.60. The van der Waals surface area contributed by atoms with Crippen molar-refractivity contribution in [3.63, 3.8) is 0 Å². The number of imide groups is 2. The number of thioether (sulfide) groups is 2. The molecule has 4 aromatic carbocycles. The summed E-state index contributed by atoms with van der Waals surface area (Å²) in [6.45, 7) is 9.50. The van der Waals surface area contributed by atoms with Crippen molar-refractivity contribution in [2.75, 3.05) is 63.3 Å². The van der Waals surface area contributed by atoms with E-state index in [9.17, 15) is 116 Å². The van der Waals surface area contributed by atoms with Gasteiger partial charge in [-0.25, -0.2) is 0 Å². The van der Waals surface area contributed by atoms with Gasteiger partial charge >= 0.3 is 11.9 Å². The summed E-state index contributed by atoms with van der Waals surface area (Å²) in [6.07, 6.45) is -0.729. The molecule has 0 aliphatic rings. The van der Waals surface area contributed by atoms with E-state index in [0.717, 1.165) is 0 Å². The molecule has 44 nitrogen and oxygen atoms in total. The fraction of sp³-hybridized carbons (Fsp3) is 0.500. The Morgan fingerprint density at radius 3 is 0.761 bits per heavy atom. The van der Waals surface area contributed by atoms with E-state index in [2.05, 4.69) is 95.7 Å². The molecule has 24 N–H and O–H groups in total. The Bertz CT molecular complexity index is 4520. The molecule has 0 heterocycles. The molecule has 0 unspecified atom stereocenters. The number of carboxylic acid groups (broad SMARTS) is 2. The number of hydrogen-bond donors (Lipinski definition) is 22. The first-order valence-corrected chi connectivity index (χ1v) is 47.6. The van der Waals surface area contributed by atoms with Gasteiger partial charge in [0.25, 0.3) is 0 Å². The van der Waals surface area contributed by atoms with E-state index in [0.29, 0.717) is 22.3 Å². The summed E-state index contributed by atoms with van der Waals surface area (Å²) in [5, 5.41) is 63.4. The number of rotatable bonds is 61. The lowest BCUT2D eigenvalue weighted by molar-refractivity contribution is -0.141. The third-order valence-corrected chi connectivity index (χ3v) is 21.9. The highest BCUT2D eigenvalue weighted by Crippen LogP contribution is 2.17. The number of carbonyl (C=O) groups is 22. The second-order valence-corrected chi connectivity index (χ2v) is 35.8. The molecule has 4 rings (SSSR count). The Balaban J connectivity index is 1.41. The molecule has 754 valence electrons. The van der Waals surface area contributed by atoms with Crippen LogP contribution in [0.3, 0.4) is 0 Å². The largest absolute Gasteiger partial charge is 0.481 e. The summed E-state index contributed by atoms with van der Waals surface area (Å²) in [4.78, 5) is 297. The van der Waals surface area contributed by atoms with Crippen LogP contribution in [0.1, 0.15) is 129 Å². The summed E-state index contributed by atoms with van der Waals surface area (Å²) in [5.74, 6) is -22.9. The topological polar surface area (TPSA) is 685 Å². The van der Waals surface area contributed by atoms with E-state index in [1.807, 2.05) is 0 Å². The lowest BCUT2D eigenvalue weighted by atomic mass is 10.00. The normalized spacial score (nSPS) is 13.6. The van der Waals surface area contributed by atoms with Gasteiger partial charge in [0.2, 0.25) is 118 Å². The number of amides is 20. The molecule has 12 atom stereocenters. The van der Waals surface area contributed by atoms with Crippen molar-refractivity contribution >= 4 is 154 Å². The quantitative estimate of drug-likeness (QED) is 0.0201. The van der Waals surface area contributed by atoms with Crippen molar-refractivity contribution in [1.29, 1.82) is 0 Å². The Morgan fingerprint density at radius 1 is 0.275 bits per heavy atom. The van der Waals surface area contributed by atoms with E-state index >= 15 is 0 Å². The van der Waals surface area contributed by atoms with E-state index in [1.165, 1.54) is 23.5 Å². The Labute approximate surface area is 807 Å². The number of benzene rings is 4. The van der Waals surface area contributed by atoms with Gasteiger partial charge < -0.3 is 107 Å². The summed E-state index contributed by atoms with van der Waals surface area (Å²) < 4.78 is 0. The summed E-state index contributed by atoms with van der Waals surface area (Å²) in [5.41, 5.74) is 12.7. The van der Waals surface area contributed by atoms with Crippen molar-refractivity contribution in [3.05, 3.63) is 144 Å². The van der Waals surface area contributed by atoms with Gasteiger partial charge in [0.15, 0.2) is 0 Å². The molecular formula is C92H130N20O24S2. The summed E-state index contributed by atoms with van der Waals surface area (Å²) in [7, 11) is 0. The third-order valence-electron chi connectivity index (χ3n) is 20.6. The summed E-state index contributed by atoms with van der Waals surface area (Å²) >= 11 is 2.58. The number of carboxylic acids is 2. The lowest BCUT2D eigenvalue weighted by Gasteiger charge is -2.28. The van der Waals surface area contributed by atoms with Crippen LogP contribution in [0.15, 0.2) is 121 Å². The van der Waals surface area contributed by atoms with Crippen molar-refractivity contribution in [1.82, 2.24) is 95.7 Å². The first-order valence-electron chi connectivity index (χ1n) is 44.8. The van der Waals surface area contributed by atoms with Crippen molar-refractivity contribution in [2.45, 2.75) is 205 Å². The minimum absolute atomic E-state index is 0.0113. The number of nitrogens with one attached hydrogen (secondary N) is 18. The van der Waals surface area contributed by atoms with E-state index < -0.39 is 279 Å². The predicted octanol–water partition coefficient (Wildman–Crippen LogP) is -3.92. The zero-order valence-electron chi connectivity index (χ0n) is 78.8. The van der Waals surface area contributed by atoms with Gasteiger partial charge in [-0.15, -0.1) is 0 Å². The highest BCUT2D eigenvalue weighted by molar-refractivity contribution is 7.98. The fourth-order valence-electron chi connectivity index (χ4n) is 13.5. The van der Waals surface area contributed by atoms with Crippen LogP contribution < -0.4 is 107 Å². The molecule has 0 radical (unpaired) electrons. The van der Waals surface area contributed by atoms with Crippen LogP contribution >= 0.6 is 23.5 Å². The predicted molar refractivity (Wildman–Crippen MR) is 509 cm³/mol. The second kappa shape index (κ2) is 62.1. The van der Waals surface area contributed by atoms with E-state index in [4.69, 9.17) is 11.5 Å². The highest BCUT2D eigenvalue weighted by Gasteiger charge is 2.39. The second-order valence-electron chi connectivity index (χ2n) is 33.8. The molecule has 138 heavy (non-hydrogen) atoms. The molecular weight excluding hydrogens is 1830 g/mol. The van der Waals surface area contributed by atoms with Gasteiger partial charge in [-0.2, -0.15) is 23.5 Å². The number of aliphatic carboxylic acids is 2. The number of carbonyl (C=O) groups excluding carboxylic acids is 20. The molecule has 0 saturated heterocycles. The third kappa shape index (κ3) is 45.3. The Kier molecular flexibility index (Phi) is 52.4. The molecule has 0 bridgehead atoms. The minimum atomic E-state index is -1.76. The molecule has 4 aromatic rings. The zero-order valence-corrected chi connectivity index (χ0v) is 80.4. The van der Waals surface area contributed by atoms with Crippen molar-refractivity contribution in [2.24, 2.45) is 35.1 Å². The van der Waals surface area contributed by atoms with Crippen LogP contribution in [0, 0.1) is 23.7 Å². The maximum atomic E-state index is 14.5. The van der Waals surface area contributed by atoms with Crippen LogP contribution in [0.25, 0.3) is 0 Å². The average Bonchev–Trinajstić information content (AvgIpc) is 0.842. The van der Waals surface area contributed by atoms with Crippen LogP contribution in [0.2, 0.25) is 0 Å². The number of hydrogen-bond acceptors (Lipinski definition) is 26. The van der Waals surface area contributed by atoms with Gasteiger partial charge in [-0.1, -0.05) is 177 Å². The standard InChI is InChI=1S/C92H130N20O24S2/c1-51(2)37-61(99-75(119)49-97-91(135)79(53(5)6)111-89(133)65(41-57-27-19-13-20-28-57)107-85(129)63(39-55-23-15-11-16-24-55)105-87(131)67(43-77(121)122)101-73(117)47-95-71(115)45-93)83(127)103-59(33-35-137-9)81(125)109-69(113)31-32-70(114)110-82(126)60(34-36-138-10)104-84(128)62(38-52(3)4)100-76(120)50-98-92(136)80(54(7)8)112-90(134)66(42-58-29-21-14-22-30-58)108-86(130)64(40-56-25-17-12-18-26-56)106-88(132)68(44-78(123)124)102-74(118)48-96-72(116)46-94/h11-30,51-54,59-68,79-80H,31-50,93-94H2,1-10H3,(H,95,115)(H,96,116)(H,97,135)(H,98,136)(H,99,119)(H,100,120)(H,101,117)(H,102,118)(H,103,127)(H,104,128)(H,105,131)(H,106,132)(H,107,129)(H,108,130)(H,111,133)(H,112,134)(H,121,122)(H,123,124)(H,109,113,125)(H,110,114,126)/t59-,60-,61-,62-,63-,64-,65-,66-,67-,68-,79-,80-/m0/s1. The smallest absolute Gasteiger partial charge is 0.305 e. The summed E-state index contributed by atoms with van der Waals surface area (Å²) in [6, 6.07) is 15.5. The highest BCUT2D eigenvalue weighted by atomic mass is 32.2. The maximum absolute atomic E-state index is 14.5. The number of nitrogens with two attached hydrogens (primary N) is 2. The van der Waals surface area contributed by atoms with Gasteiger partial charge in [0, 0.05) is 38.5 Å². The molecule has 20 amide bonds. The van der Waals surface area contributed by atoms with Gasteiger partial charge in [0.1, 0.15) is 72.5 Å². The maximum Gasteiger partial charge on any atom is 0.305 e. The Morgan fingerprint density at radius 2 is 0.514 bits per heavy atom. The van der Waals surface area contributed by atoms with Gasteiger partial charge in [0.05, 0.1) is 52.1 Å². The van der Waals surface area contributed by atoms with Gasteiger partial charge in [-0.05, 0) is 95.6 Å². The average molecular weight is 1960 g/mol. The van der Waals surface area contributed by atoms with E-state index in [-0.39, 0.29) is 74.7 Å². The molecule has 0 fully saturated rings. The first kappa shape index (κ1) is 117. The molecule has 0 aromatic heterocycles. The van der Waals surface area contributed by atoms with Crippen molar-refractivity contribution in [3.8, 4) is 0 Å². The SMILES string of the molecule is CSCC[C@H](NC(=O)[C@H](CC(C)C)NC(=O)CNC(=O)[C@@H](NC(=O)[C@H](Cc1ccccc1)NC(=O)[C@H](Cc1ccccc1)NC(=O)[C@H](CC(=O)O)NC(=O)CNC(=O)CN)C(C)C)C(=O)NC(=O)CCC(=O)NC(=O)[C@H](CCSC)NC(=O)[C@H](CC(C)C)NC(=O)CNC(=O)[C@@H](NC(=O)[C@H](Cc1ccccc1)NC(=O)[C@H](Cc1ccccc1)NC(=O)[C@H](CC(=O)O)NC(=O)CNC(=O)CN)C(C)C. The molecule has 46 heteroatoms. The van der Waals surface area contributed by atoms with Crippen LogP contribution in [0.5, 0.6) is 0 Å². The fourth-order valence-corrected chi connectivity index (χ4v) is 14.4. The minimum Gasteiger partial charge on any atom is -0.481 e. The zero-order chi connectivity index (χ0) is 103. The first-order chi connectivity index (χ1) is 65.4. The van der Waals surface area contributed by atoms with E-state index in [1.54, 1.807) is 189 Å². The molecule has 0 saturated carbocycles. The van der Waals surface area contributed by atoms with Crippen LogP contribution in [0.4, 0.5) is 0 Å². The Hall–Kier alpha value is -13.8. The monoisotopic (exact) mass is 1960 g/mol. The molecule has 0 spiro atoms. The van der Waals surface area contributed by atoms with Crippen molar-refractivity contribution < 1.29 is 116 Å². The van der Waals surface area contributed by atoms with Gasteiger partial charge in [-0.3, -0.25) is 116 Å².